The number of carbonyl (C=O) groups excluding carboxylic acids is 1. The normalized spacial score (nSPS) is 16.8. The van der Waals surface area contributed by atoms with Crippen LogP contribution in [0.15, 0.2) is 66.9 Å². The number of hydrogen-bond acceptors (Lipinski definition) is 4. The van der Waals surface area contributed by atoms with Crippen LogP contribution in [0.25, 0.3) is 11.1 Å². The molecule has 0 saturated carbocycles. The van der Waals surface area contributed by atoms with Crippen LogP contribution in [0.5, 0.6) is 0 Å². The van der Waals surface area contributed by atoms with Gasteiger partial charge in [-0.25, -0.2) is 4.98 Å². The molecule has 1 aliphatic carbocycles. The lowest BCUT2D eigenvalue weighted by Crippen LogP contribution is -2.48. The van der Waals surface area contributed by atoms with Crippen LogP contribution < -0.4 is 10.2 Å². The van der Waals surface area contributed by atoms with Crippen LogP contribution in [0.3, 0.4) is 0 Å². The molecule has 3 aromatic rings. The van der Waals surface area contributed by atoms with Gasteiger partial charge in [0.05, 0.1) is 5.56 Å². The van der Waals surface area contributed by atoms with Crippen molar-refractivity contribution in [1.82, 2.24) is 15.2 Å². The maximum absolute atomic E-state index is 13.6. The monoisotopic (exact) mass is 576 g/mol. The summed E-state index contributed by atoms with van der Waals surface area (Å²) in [5.74, 6) is -0.145. The number of anilines is 1. The highest BCUT2D eigenvalue weighted by molar-refractivity contribution is 6.00. The number of benzene rings is 2. The zero-order valence-electron chi connectivity index (χ0n) is 22.2. The van der Waals surface area contributed by atoms with Crippen molar-refractivity contribution in [3.05, 3.63) is 83.6 Å². The predicted molar refractivity (Wildman–Crippen MR) is 143 cm³/mol. The highest BCUT2D eigenvalue weighted by atomic mass is 19.4. The molecule has 41 heavy (non-hydrogen) atoms. The molecule has 5 rings (SSSR count). The van der Waals surface area contributed by atoms with E-state index in [1.54, 1.807) is 0 Å². The second-order valence-corrected chi connectivity index (χ2v) is 10.5. The van der Waals surface area contributed by atoms with Crippen LogP contribution in [0.2, 0.25) is 0 Å². The van der Waals surface area contributed by atoms with E-state index in [0.29, 0.717) is 44.8 Å². The number of fused-ring (bicyclic) bond motifs is 3. The summed E-state index contributed by atoms with van der Waals surface area (Å²) in [5.41, 5.74) is 1.16. The number of halogens is 6. The molecule has 11 heteroatoms. The molecular weight excluding hydrogens is 546 g/mol. The zero-order chi connectivity index (χ0) is 29.3. The number of pyridine rings is 1. The molecule has 2 aromatic carbocycles. The summed E-state index contributed by atoms with van der Waals surface area (Å²) in [6.45, 7) is 1.97. The summed E-state index contributed by atoms with van der Waals surface area (Å²) in [7, 11) is 0. The molecule has 218 valence electrons. The largest absolute Gasteiger partial charge is 0.417 e. The van der Waals surface area contributed by atoms with Crippen LogP contribution in [0.1, 0.15) is 36.0 Å². The van der Waals surface area contributed by atoms with Gasteiger partial charge >= 0.3 is 12.4 Å². The summed E-state index contributed by atoms with van der Waals surface area (Å²) >= 11 is 0. The van der Waals surface area contributed by atoms with Crippen molar-refractivity contribution >= 4 is 11.7 Å². The van der Waals surface area contributed by atoms with E-state index in [-0.39, 0.29) is 0 Å². The van der Waals surface area contributed by atoms with Gasteiger partial charge in [-0.2, -0.15) is 26.3 Å². The van der Waals surface area contributed by atoms with Crippen molar-refractivity contribution < 1.29 is 31.1 Å². The Morgan fingerprint density at radius 2 is 1.44 bits per heavy atom. The highest BCUT2D eigenvalue weighted by Gasteiger charge is 2.49. The van der Waals surface area contributed by atoms with E-state index in [4.69, 9.17) is 0 Å². The SMILES string of the molecule is O=C(NCC(F)(F)F)C1(CCCCN2CCN(c3ccc(C(F)(F)F)cn3)CC2)c2ccccc2-c2ccccc21. The number of aromatic nitrogens is 1. The molecule has 2 aliphatic rings. The fourth-order valence-corrected chi connectivity index (χ4v) is 5.95. The number of amides is 1. The lowest BCUT2D eigenvalue weighted by atomic mass is 9.73. The first-order chi connectivity index (χ1) is 19.5. The summed E-state index contributed by atoms with van der Waals surface area (Å²) < 4.78 is 77.7. The summed E-state index contributed by atoms with van der Waals surface area (Å²) in [6, 6.07) is 17.2. The molecule has 1 amide bonds. The lowest BCUT2D eigenvalue weighted by Gasteiger charge is -2.36. The number of nitrogens with zero attached hydrogens (tertiary/aromatic N) is 3. The third-order valence-electron chi connectivity index (χ3n) is 7.95. The Bertz CT molecular complexity index is 1320. The van der Waals surface area contributed by atoms with E-state index >= 15 is 0 Å². The molecule has 5 nitrogen and oxygen atoms in total. The summed E-state index contributed by atoms with van der Waals surface area (Å²) in [5, 5.41) is 2.16. The minimum atomic E-state index is -4.52. The van der Waals surface area contributed by atoms with Gasteiger partial charge in [0.2, 0.25) is 5.91 Å². The molecule has 1 fully saturated rings. The number of carbonyl (C=O) groups is 1. The van der Waals surface area contributed by atoms with Crippen molar-refractivity contribution in [1.29, 1.82) is 0 Å². The van der Waals surface area contributed by atoms with E-state index in [1.807, 2.05) is 53.4 Å². The van der Waals surface area contributed by atoms with E-state index in [0.717, 1.165) is 47.5 Å². The molecular formula is C30H30F6N4O. The maximum Gasteiger partial charge on any atom is 0.417 e. The molecule has 1 aliphatic heterocycles. The molecule has 0 radical (unpaired) electrons. The van der Waals surface area contributed by atoms with Crippen LogP contribution >= 0.6 is 0 Å². The molecule has 0 bridgehead atoms. The molecule has 1 saturated heterocycles. The molecule has 2 heterocycles. The van der Waals surface area contributed by atoms with Crippen LogP contribution in [0.4, 0.5) is 32.2 Å². The standard InChI is InChI=1S/C30H30F6N4O/c31-29(32,33)20-38-27(41)28(24-9-3-1-7-22(24)23-8-2-4-10-25(23)28)13-5-6-14-39-15-17-40(18-16-39)26-12-11-21(19-37-26)30(34,35)36/h1-4,7-12,19H,5-6,13-18,20H2,(H,38,41). The van der Waals surface area contributed by atoms with Gasteiger partial charge in [-0.3, -0.25) is 9.69 Å². The Morgan fingerprint density at radius 3 is 1.98 bits per heavy atom. The second kappa shape index (κ2) is 11.3. The fourth-order valence-electron chi connectivity index (χ4n) is 5.95. The van der Waals surface area contributed by atoms with E-state index in [1.165, 1.54) is 6.07 Å². The molecule has 1 N–H and O–H groups in total. The first kappa shape index (κ1) is 28.9. The third kappa shape index (κ3) is 6.05. The molecule has 0 unspecified atom stereocenters. The Hall–Kier alpha value is -3.60. The highest BCUT2D eigenvalue weighted by Crippen LogP contribution is 2.51. The third-order valence-corrected chi connectivity index (χ3v) is 7.95. The Kier molecular flexibility index (Phi) is 8.00. The smallest absolute Gasteiger partial charge is 0.354 e. The minimum absolute atomic E-state index is 0.361. The quantitative estimate of drug-likeness (QED) is 0.263. The van der Waals surface area contributed by atoms with Gasteiger partial charge in [0, 0.05) is 32.4 Å². The lowest BCUT2D eigenvalue weighted by molar-refractivity contribution is -0.141. The van der Waals surface area contributed by atoms with Crippen molar-refractivity contribution in [3.63, 3.8) is 0 Å². The van der Waals surface area contributed by atoms with Gasteiger partial charge in [-0.15, -0.1) is 0 Å². The summed E-state index contributed by atoms with van der Waals surface area (Å²) in [4.78, 5) is 21.8. The molecule has 0 atom stereocenters. The second-order valence-electron chi connectivity index (χ2n) is 10.5. The van der Waals surface area contributed by atoms with Gasteiger partial charge in [0.1, 0.15) is 17.8 Å². The van der Waals surface area contributed by atoms with Gasteiger partial charge in [-0.1, -0.05) is 55.0 Å². The van der Waals surface area contributed by atoms with Gasteiger partial charge < -0.3 is 10.2 Å². The fraction of sp³-hybridized carbons (Fsp3) is 0.400. The van der Waals surface area contributed by atoms with Crippen molar-refractivity contribution in [2.24, 2.45) is 0 Å². The summed E-state index contributed by atoms with van der Waals surface area (Å²) in [6.07, 6.45) is -6.39. The van der Waals surface area contributed by atoms with E-state index < -0.39 is 35.8 Å². The molecule has 1 aromatic heterocycles. The van der Waals surface area contributed by atoms with Crippen LogP contribution in [-0.2, 0) is 16.4 Å². The Labute approximate surface area is 234 Å². The van der Waals surface area contributed by atoms with Crippen molar-refractivity contribution in [3.8, 4) is 11.1 Å². The number of alkyl halides is 6. The minimum Gasteiger partial charge on any atom is -0.354 e. The molecule has 0 spiro atoms. The van der Waals surface area contributed by atoms with Crippen molar-refractivity contribution in [2.75, 3.05) is 44.2 Å². The number of nitrogens with one attached hydrogen (secondary N) is 1. The van der Waals surface area contributed by atoms with E-state index in [9.17, 15) is 31.1 Å². The maximum atomic E-state index is 13.6. The average molecular weight is 577 g/mol. The van der Waals surface area contributed by atoms with Crippen LogP contribution in [0, 0.1) is 0 Å². The zero-order valence-corrected chi connectivity index (χ0v) is 22.2. The topological polar surface area (TPSA) is 48.5 Å². The average Bonchev–Trinajstić information content (AvgIpc) is 3.24. The number of rotatable bonds is 8. The Balaban J connectivity index is 1.23. The number of hydrogen-bond donors (Lipinski definition) is 1. The Morgan fingerprint density at radius 1 is 0.829 bits per heavy atom. The number of piperazine rings is 1. The predicted octanol–water partition coefficient (Wildman–Crippen LogP) is 6.04. The van der Waals surface area contributed by atoms with Gasteiger partial charge in [-0.05, 0) is 53.8 Å². The van der Waals surface area contributed by atoms with Crippen LogP contribution in [-0.4, -0.2) is 61.2 Å². The van der Waals surface area contributed by atoms with Gasteiger partial charge in [0.25, 0.3) is 0 Å². The van der Waals surface area contributed by atoms with Gasteiger partial charge in [0.15, 0.2) is 0 Å². The number of unbranched alkanes of at least 4 members (excludes halogenated alkanes) is 1. The van der Waals surface area contributed by atoms with Crippen molar-refractivity contribution in [2.45, 2.75) is 37.0 Å². The first-order valence-corrected chi connectivity index (χ1v) is 13.5. The first-order valence-electron chi connectivity index (χ1n) is 13.5. The van der Waals surface area contributed by atoms with E-state index in [2.05, 4.69) is 15.2 Å².